The number of amides is 8. The van der Waals surface area contributed by atoms with E-state index in [1.807, 2.05) is 0 Å². The highest BCUT2D eigenvalue weighted by Crippen LogP contribution is 2.10. The summed E-state index contributed by atoms with van der Waals surface area (Å²) in [4.78, 5) is 108. The number of hydrogen-bond donors (Lipinski definition) is 4. The van der Waals surface area contributed by atoms with Crippen LogP contribution in [0, 0.1) is 5.92 Å². The smallest absolute Gasteiger partial charge is 0.253 e. The van der Waals surface area contributed by atoms with Crippen molar-refractivity contribution in [1.29, 1.82) is 0 Å². The molecule has 0 bridgehead atoms. The van der Waals surface area contributed by atoms with E-state index in [2.05, 4.69) is 21.3 Å². The Kier molecular flexibility index (Phi) is 12.3. The van der Waals surface area contributed by atoms with E-state index in [9.17, 15) is 43.2 Å². The third-order valence-corrected chi connectivity index (χ3v) is 5.90. The Morgan fingerprint density at radius 3 is 1.18 bits per heavy atom. The number of carbonyl (C=O) groups is 9. The maximum atomic E-state index is 12.2. The minimum Gasteiger partial charge on any atom is -0.354 e. The van der Waals surface area contributed by atoms with Crippen LogP contribution in [0.25, 0.3) is 0 Å². The molecule has 2 aliphatic heterocycles. The minimum absolute atomic E-state index is 0.0570. The van der Waals surface area contributed by atoms with Crippen LogP contribution < -0.4 is 21.3 Å². The van der Waals surface area contributed by atoms with Crippen LogP contribution >= 0.6 is 0 Å². The molecule has 0 aromatic heterocycles. The molecule has 0 aliphatic carbocycles. The summed E-state index contributed by atoms with van der Waals surface area (Å²) >= 11 is 0. The van der Waals surface area contributed by atoms with Crippen LogP contribution in [0.1, 0.15) is 32.6 Å². The highest BCUT2D eigenvalue weighted by atomic mass is 16.2. The highest BCUT2D eigenvalue weighted by Gasteiger charge is 2.25. The minimum atomic E-state index is -0.863. The lowest BCUT2D eigenvalue weighted by Gasteiger charge is -2.15. The van der Waals surface area contributed by atoms with Gasteiger partial charge < -0.3 is 21.3 Å². The first-order chi connectivity index (χ1) is 19.0. The molecule has 0 radical (unpaired) electrons. The van der Waals surface area contributed by atoms with Crippen LogP contribution in [-0.2, 0) is 43.2 Å². The second-order valence-corrected chi connectivity index (χ2v) is 8.94. The quantitative estimate of drug-likeness (QED) is 0.106. The molecule has 15 heteroatoms. The molecular formula is C25H32N6O9. The van der Waals surface area contributed by atoms with Crippen molar-refractivity contribution >= 4 is 53.0 Å². The van der Waals surface area contributed by atoms with Crippen molar-refractivity contribution in [3.8, 4) is 0 Å². The Morgan fingerprint density at radius 1 is 0.575 bits per heavy atom. The Morgan fingerprint density at radius 2 is 0.875 bits per heavy atom. The second kappa shape index (κ2) is 15.7. The molecule has 2 aliphatic rings. The van der Waals surface area contributed by atoms with Crippen LogP contribution in [-0.4, -0.2) is 102 Å². The average Bonchev–Trinajstić information content (AvgIpc) is 3.40. The third kappa shape index (κ3) is 10.6. The number of rotatable bonds is 17. The fourth-order valence-electron chi connectivity index (χ4n) is 3.67. The van der Waals surface area contributed by atoms with Gasteiger partial charge in [-0.15, -0.1) is 0 Å². The molecule has 216 valence electrons. The van der Waals surface area contributed by atoms with Gasteiger partial charge in [0.1, 0.15) is 5.78 Å². The first-order valence-corrected chi connectivity index (χ1v) is 12.6. The maximum absolute atomic E-state index is 12.2. The number of ketones is 1. The zero-order valence-electron chi connectivity index (χ0n) is 22.0. The van der Waals surface area contributed by atoms with Crippen molar-refractivity contribution in [3.63, 3.8) is 0 Å². The fraction of sp³-hybridized carbons (Fsp3) is 0.480. The molecule has 2 heterocycles. The zero-order chi connectivity index (χ0) is 29.7. The van der Waals surface area contributed by atoms with Gasteiger partial charge in [-0.3, -0.25) is 53.0 Å². The summed E-state index contributed by atoms with van der Waals surface area (Å²) in [6, 6.07) is 0. The van der Waals surface area contributed by atoms with E-state index in [1.54, 1.807) is 0 Å². The van der Waals surface area contributed by atoms with Gasteiger partial charge >= 0.3 is 0 Å². The van der Waals surface area contributed by atoms with Crippen molar-refractivity contribution in [2.75, 3.05) is 39.3 Å². The van der Waals surface area contributed by atoms with E-state index in [1.165, 1.54) is 6.92 Å². The Bertz CT molecular complexity index is 1010. The number of carbonyl (C=O) groups excluding carboxylic acids is 9. The summed E-state index contributed by atoms with van der Waals surface area (Å²) in [5, 5.41) is 10.2. The Balaban J connectivity index is 1.56. The average molecular weight is 561 g/mol. The molecule has 0 aromatic rings. The predicted octanol–water partition coefficient (Wildman–Crippen LogP) is -2.93. The second-order valence-electron chi connectivity index (χ2n) is 8.94. The predicted molar refractivity (Wildman–Crippen MR) is 136 cm³/mol. The highest BCUT2D eigenvalue weighted by molar-refractivity contribution is 6.13. The van der Waals surface area contributed by atoms with E-state index in [-0.39, 0.29) is 70.7 Å². The van der Waals surface area contributed by atoms with Gasteiger partial charge in [0.2, 0.25) is 23.6 Å². The van der Waals surface area contributed by atoms with Crippen molar-refractivity contribution < 1.29 is 43.2 Å². The standard InChI is InChI=1S/C25H32N6O9/c1-16(32)17(14-20(35)28-10-8-26-18(33)6-12-30-22(37)2-3-23(30)38)15-21(36)29-11-9-27-19(34)7-13-31-24(39)4-5-25(31)40/h2-5,17H,6-15H2,1H3,(H,26,33)(H,27,34)(H,28,35)(H,29,36). The van der Waals surface area contributed by atoms with E-state index in [0.29, 0.717) is 0 Å². The number of imide groups is 2. The van der Waals surface area contributed by atoms with Crippen molar-refractivity contribution in [2.24, 2.45) is 5.92 Å². The molecule has 4 N–H and O–H groups in total. The number of nitrogens with zero attached hydrogens (tertiary/aromatic N) is 2. The third-order valence-electron chi connectivity index (χ3n) is 5.90. The van der Waals surface area contributed by atoms with Crippen LogP contribution in [0.4, 0.5) is 0 Å². The van der Waals surface area contributed by atoms with Crippen LogP contribution in [0.5, 0.6) is 0 Å². The summed E-state index contributed by atoms with van der Waals surface area (Å²) in [5.74, 6) is -4.94. The Labute approximate surface area is 229 Å². The monoisotopic (exact) mass is 560 g/mol. The van der Waals surface area contributed by atoms with E-state index in [4.69, 9.17) is 0 Å². The first-order valence-electron chi connectivity index (χ1n) is 12.6. The van der Waals surface area contributed by atoms with Crippen LogP contribution in [0.2, 0.25) is 0 Å². The van der Waals surface area contributed by atoms with Gasteiger partial charge in [0, 0.05) is 95.2 Å². The molecule has 0 unspecified atom stereocenters. The first kappa shape index (κ1) is 31.5. The van der Waals surface area contributed by atoms with Crippen LogP contribution in [0.15, 0.2) is 24.3 Å². The van der Waals surface area contributed by atoms with Crippen molar-refractivity contribution in [3.05, 3.63) is 24.3 Å². The summed E-state index contributed by atoms with van der Waals surface area (Å²) < 4.78 is 0. The lowest BCUT2D eigenvalue weighted by molar-refractivity contribution is -0.139. The van der Waals surface area contributed by atoms with Gasteiger partial charge in [-0.2, -0.15) is 0 Å². The number of hydrogen-bond acceptors (Lipinski definition) is 9. The number of Topliss-reactive ketones (excluding diaryl/α,β-unsaturated/α-hetero) is 1. The molecule has 15 nitrogen and oxygen atoms in total. The fourth-order valence-corrected chi connectivity index (χ4v) is 3.67. The van der Waals surface area contributed by atoms with Crippen molar-refractivity contribution in [1.82, 2.24) is 31.1 Å². The van der Waals surface area contributed by atoms with Gasteiger partial charge in [-0.05, 0) is 6.92 Å². The maximum Gasteiger partial charge on any atom is 0.253 e. The largest absolute Gasteiger partial charge is 0.354 e. The molecule has 0 spiro atoms. The van der Waals surface area contributed by atoms with Gasteiger partial charge in [0.25, 0.3) is 23.6 Å². The summed E-state index contributed by atoms with van der Waals surface area (Å²) in [5.41, 5.74) is 0. The molecule has 0 atom stereocenters. The molecule has 0 aromatic carbocycles. The van der Waals surface area contributed by atoms with E-state index in [0.717, 1.165) is 34.1 Å². The van der Waals surface area contributed by atoms with E-state index < -0.39 is 53.2 Å². The van der Waals surface area contributed by atoms with Gasteiger partial charge in [0.15, 0.2) is 0 Å². The molecular weight excluding hydrogens is 528 g/mol. The summed E-state index contributed by atoms with van der Waals surface area (Å²) in [6.07, 6.45) is 3.86. The molecule has 8 amide bonds. The van der Waals surface area contributed by atoms with E-state index >= 15 is 0 Å². The lowest BCUT2D eigenvalue weighted by Crippen LogP contribution is -2.39. The van der Waals surface area contributed by atoms with Crippen molar-refractivity contribution in [2.45, 2.75) is 32.6 Å². The van der Waals surface area contributed by atoms with Crippen LogP contribution in [0.3, 0.4) is 0 Å². The molecule has 0 saturated heterocycles. The van der Waals surface area contributed by atoms with Gasteiger partial charge in [0.05, 0.1) is 0 Å². The lowest BCUT2D eigenvalue weighted by atomic mass is 9.96. The Hall–Kier alpha value is -4.69. The molecule has 40 heavy (non-hydrogen) atoms. The SMILES string of the molecule is CC(=O)C(CC(=O)NCCNC(=O)CCN1C(=O)C=CC1=O)CC(=O)NCCNC(=O)CCN1C(=O)C=CC1=O. The zero-order valence-corrected chi connectivity index (χ0v) is 22.0. The summed E-state index contributed by atoms with van der Waals surface area (Å²) in [6.45, 7) is 1.47. The topological polar surface area (TPSA) is 208 Å². The molecule has 0 fully saturated rings. The normalized spacial score (nSPS) is 14.2. The summed E-state index contributed by atoms with van der Waals surface area (Å²) in [7, 11) is 0. The van der Waals surface area contributed by atoms with Gasteiger partial charge in [-0.25, -0.2) is 0 Å². The van der Waals surface area contributed by atoms with Gasteiger partial charge in [-0.1, -0.05) is 0 Å². The molecule has 0 saturated carbocycles. The molecule has 2 rings (SSSR count). The number of nitrogens with one attached hydrogen (secondary N) is 4.